The third kappa shape index (κ3) is 5.18. The zero-order chi connectivity index (χ0) is 14.1. The van der Waals surface area contributed by atoms with Crippen LogP contribution in [0.15, 0.2) is 18.2 Å². The highest BCUT2D eigenvalue weighted by molar-refractivity contribution is 7.98. The Kier molecular flexibility index (Phi) is 6.75. The number of hydrogen-bond acceptors (Lipinski definition) is 5. The van der Waals surface area contributed by atoms with E-state index in [1.807, 2.05) is 17.8 Å². The molecule has 0 saturated heterocycles. The summed E-state index contributed by atoms with van der Waals surface area (Å²) < 4.78 is 0. The molecule has 1 aromatic carbocycles. The summed E-state index contributed by atoms with van der Waals surface area (Å²) in [7, 11) is 0. The van der Waals surface area contributed by atoms with Crippen LogP contribution in [0.4, 0.5) is 11.4 Å². The molecule has 0 heterocycles. The molecule has 1 aromatic rings. The molecule has 0 bridgehead atoms. The number of nitro groups is 1. The lowest BCUT2D eigenvalue weighted by molar-refractivity contribution is -0.384. The highest BCUT2D eigenvalue weighted by Gasteiger charge is 2.13. The molecule has 102 valence electrons. The molecule has 5 nitrogen and oxygen atoms in total. The van der Waals surface area contributed by atoms with E-state index in [0.29, 0.717) is 17.8 Å². The van der Waals surface area contributed by atoms with E-state index < -0.39 is 4.92 Å². The number of nitriles is 1. The summed E-state index contributed by atoms with van der Waals surface area (Å²) in [6.07, 6.45) is 5.34. The second-order valence-corrected chi connectivity index (χ2v) is 5.07. The molecule has 1 N–H and O–H groups in total. The molecule has 1 rings (SSSR count). The fraction of sp³-hybridized carbons (Fsp3) is 0.462. The van der Waals surface area contributed by atoms with Gasteiger partial charge in [-0.3, -0.25) is 10.1 Å². The summed E-state index contributed by atoms with van der Waals surface area (Å²) in [5.41, 5.74) is 0.745. The molecule has 6 heteroatoms. The Labute approximate surface area is 117 Å². The number of hydrogen-bond donors (Lipinski definition) is 1. The van der Waals surface area contributed by atoms with Crippen molar-refractivity contribution in [2.24, 2.45) is 0 Å². The monoisotopic (exact) mass is 279 g/mol. The van der Waals surface area contributed by atoms with Gasteiger partial charge in [0, 0.05) is 12.6 Å². The van der Waals surface area contributed by atoms with Crippen molar-refractivity contribution in [3.63, 3.8) is 0 Å². The van der Waals surface area contributed by atoms with Crippen LogP contribution in [0.1, 0.15) is 24.8 Å². The first-order chi connectivity index (χ1) is 9.19. The highest BCUT2D eigenvalue weighted by Crippen LogP contribution is 2.25. The maximum absolute atomic E-state index is 10.9. The molecule has 0 unspecified atom stereocenters. The van der Waals surface area contributed by atoms with Crippen LogP contribution in [-0.4, -0.2) is 23.5 Å². The molecule has 0 aliphatic rings. The van der Waals surface area contributed by atoms with E-state index in [9.17, 15) is 10.1 Å². The summed E-state index contributed by atoms with van der Waals surface area (Å²) in [4.78, 5) is 10.5. The zero-order valence-corrected chi connectivity index (χ0v) is 11.7. The van der Waals surface area contributed by atoms with Crippen molar-refractivity contribution >= 4 is 23.1 Å². The van der Waals surface area contributed by atoms with Crippen LogP contribution in [0, 0.1) is 21.4 Å². The van der Waals surface area contributed by atoms with Crippen molar-refractivity contribution in [3.8, 4) is 6.07 Å². The first-order valence-corrected chi connectivity index (χ1v) is 7.49. The van der Waals surface area contributed by atoms with Crippen molar-refractivity contribution in [2.45, 2.75) is 19.3 Å². The summed E-state index contributed by atoms with van der Waals surface area (Å²) in [5, 5.41) is 22.7. The molecular weight excluding hydrogens is 262 g/mol. The van der Waals surface area contributed by atoms with Gasteiger partial charge < -0.3 is 5.32 Å². The maximum Gasteiger partial charge on any atom is 0.293 e. The molecule has 0 aliphatic carbocycles. The Bertz CT molecular complexity index is 471. The van der Waals surface area contributed by atoms with Gasteiger partial charge in [0.15, 0.2) is 0 Å². The number of nitrogens with one attached hydrogen (secondary N) is 1. The molecule has 0 amide bonds. The number of rotatable bonds is 8. The molecule has 0 radical (unpaired) electrons. The summed E-state index contributed by atoms with van der Waals surface area (Å²) in [6, 6.07) is 6.39. The Hall–Kier alpha value is -1.74. The fourth-order valence-electron chi connectivity index (χ4n) is 1.67. The minimum Gasteiger partial charge on any atom is -0.379 e. The number of anilines is 1. The molecule has 19 heavy (non-hydrogen) atoms. The number of nitro benzene ring substituents is 1. The Morgan fingerprint density at radius 3 is 2.84 bits per heavy atom. The Balaban J connectivity index is 2.53. The second kappa shape index (κ2) is 8.38. The van der Waals surface area contributed by atoms with Crippen molar-refractivity contribution < 1.29 is 4.92 Å². The van der Waals surface area contributed by atoms with Gasteiger partial charge in [-0.15, -0.1) is 0 Å². The van der Waals surface area contributed by atoms with Gasteiger partial charge in [0.25, 0.3) is 5.69 Å². The van der Waals surface area contributed by atoms with Gasteiger partial charge in [-0.05, 0) is 37.0 Å². The van der Waals surface area contributed by atoms with E-state index in [4.69, 9.17) is 5.26 Å². The molecule has 0 spiro atoms. The fourth-order valence-corrected chi connectivity index (χ4v) is 2.17. The average Bonchev–Trinajstić information content (AvgIpc) is 2.42. The number of benzene rings is 1. The van der Waals surface area contributed by atoms with Gasteiger partial charge in [-0.25, -0.2) is 0 Å². The van der Waals surface area contributed by atoms with Crippen LogP contribution < -0.4 is 5.32 Å². The quantitative estimate of drug-likeness (QED) is 0.448. The summed E-state index contributed by atoms with van der Waals surface area (Å²) in [6.45, 7) is 0.709. The first-order valence-electron chi connectivity index (χ1n) is 6.10. The largest absolute Gasteiger partial charge is 0.379 e. The number of thioether (sulfide) groups is 1. The van der Waals surface area contributed by atoms with E-state index >= 15 is 0 Å². The molecule has 0 aliphatic heterocycles. The van der Waals surface area contributed by atoms with Gasteiger partial charge in [-0.1, -0.05) is 6.42 Å². The van der Waals surface area contributed by atoms with Crippen molar-refractivity contribution in [2.75, 3.05) is 23.9 Å². The van der Waals surface area contributed by atoms with Crippen LogP contribution in [0.2, 0.25) is 0 Å². The SMILES string of the molecule is CSCCCCCNc1ccc(C#N)cc1[N+](=O)[O-]. The van der Waals surface area contributed by atoms with Crippen LogP contribution in [-0.2, 0) is 0 Å². The van der Waals surface area contributed by atoms with E-state index in [1.165, 1.54) is 6.07 Å². The van der Waals surface area contributed by atoms with E-state index in [0.717, 1.165) is 25.0 Å². The van der Waals surface area contributed by atoms with E-state index in [-0.39, 0.29) is 5.69 Å². The minimum absolute atomic E-state index is 0.0387. The molecular formula is C13H17N3O2S. The Morgan fingerprint density at radius 2 is 2.21 bits per heavy atom. The minimum atomic E-state index is -0.461. The highest BCUT2D eigenvalue weighted by atomic mass is 32.2. The third-order valence-corrected chi connectivity index (χ3v) is 3.36. The van der Waals surface area contributed by atoms with E-state index in [1.54, 1.807) is 12.1 Å². The van der Waals surface area contributed by atoms with Crippen LogP contribution in [0.5, 0.6) is 0 Å². The van der Waals surface area contributed by atoms with Gasteiger partial charge in [0.1, 0.15) is 5.69 Å². The average molecular weight is 279 g/mol. The normalized spacial score (nSPS) is 9.89. The standard InChI is InChI=1S/C13H17N3O2S/c1-19-8-4-2-3-7-15-12-6-5-11(10-14)9-13(12)16(17)18/h5-6,9,15H,2-4,7-8H2,1H3. The summed E-state index contributed by atoms with van der Waals surface area (Å²) in [5.74, 6) is 1.15. The van der Waals surface area contributed by atoms with Crippen LogP contribution >= 0.6 is 11.8 Å². The van der Waals surface area contributed by atoms with Crippen molar-refractivity contribution in [1.82, 2.24) is 0 Å². The zero-order valence-electron chi connectivity index (χ0n) is 10.9. The smallest absolute Gasteiger partial charge is 0.293 e. The van der Waals surface area contributed by atoms with Crippen molar-refractivity contribution in [1.29, 1.82) is 5.26 Å². The number of unbranched alkanes of at least 4 members (excludes halogenated alkanes) is 2. The molecule has 0 atom stereocenters. The van der Waals surface area contributed by atoms with E-state index in [2.05, 4.69) is 11.6 Å². The lowest BCUT2D eigenvalue weighted by Crippen LogP contribution is -2.04. The Morgan fingerprint density at radius 1 is 1.42 bits per heavy atom. The van der Waals surface area contributed by atoms with Gasteiger partial charge in [-0.2, -0.15) is 17.0 Å². The lowest BCUT2D eigenvalue weighted by atomic mass is 10.2. The van der Waals surface area contributed by atoms with Crippen molar-refractivity contribution in [3.05, 3.63) is 33.9 Å². The number of nitrogens with zero attached hydrogens (tertiary/aromatic N) is 2. The first kappa shape index (κ1) is 15.3. The van der Waals surface area contributed by atoms with Gasteiger partial charge in [0.2, 0.25) is 0 Å². The molecule has 0 fully saturated rings. The summed E-state index contributed by atoms with van der Waals surface area (Å²) >= 11 is 1.83. The van der Waals surface area contributed by atoms with Gasteiger partial charge in [0.05, 0.1) is 16.6 Å². The van der Waals surface area contributed by atoms with Crippen LogP contribution in [0.25, 0.3) is 0 Å². The topological polar surface area (TPSA) is 79.0 Å². The maximum atomic E-state index is 10.9. The van der Waals surface area contributed by atoms with Gasteiger partial charge >= 0.3 is 0 Å². The second-order valence-electron chi connectivity index (χ2n) is 4.08. The molecule has 0 aromatic heterocycles. The lowest BCUT2D eigenvalue weighted by Gasteiger charge is -2.07. The van der Waals surface area contributed by atoms with Crippen LogP contribution in [0.3, 0.4) is 0 Å². The third-order valence-electron chi connectivity index (χ3n) is 2.66. The molecule has 0 saturated carbocycles. The predicted molar refractivity (Wildman–Crippen MR) is 78.5 cm³/mol. The predicted octanol–water partition coefficient (Wildman–Crippen LogP) is 3.41.